The van der Waals surface area contributed by atoms with Crippen molar-refractivity contribution in [2.75, 3.05) is 19.3 Å². The van der Waals surface area contributed by atoms with Crippen LogP contribution in [-0.4, -0.2) is 87.0 Å². The Morgan fingerprint density at radius 3 is 2.19 bits per heavy atom. The molecule has 2 fully saturated rings. The van der Waals surface area contributed by atoms with Gasteiger partial charge in [-0.2, -0.15) is 0 Å². The number of amides is 5. The fraction of sp³-hybridized carbons (Fsp3) is 0.742. The summed E-state index contributed by atoms with van der Waals surface area (Å²) in [6, 6.07) is -1.40. The SMILES string of the molecule is CC(C)(C)[C@H](NC(=O)N[C@H](CNS(C)(=O)=O)C(C)(C)C)C(=O)N1C[C@H]2[C@@H]([C@H]1C(=O)N[C@@H](CC(F)F)C(=O)NCc1cccs1)C2(C)C. The Labute approximate surface area is 280 Å². The predicted octanol–water partition coefficient (Wildman–Crippen LogP) is 2.67. The van der Waals surface area contributed by atoms with Crippen LogP contribution in [0, 0.1) is 28.1 Å². The monoisotopic (exact) mass is 704 g/mol. The van der Waals surface area contributed by atoms with Crippen molar-refractivity contribution < 1.29 is 36.4 Å². The summed E-state index contributed by atoms with van der Waals surface area (Å²) >= 11 is 1.39. The van der Waals surface area contributed by atoms with Crippen LogP contribution in [0.2, 0.25) is 0 Å². The number of sulfonamides is 1. The third kappa shape index (κ3) is 10.1. The molecule has 1 aliphatic carbocycles. The molecule has 0 spiro atoms. The number of hydrogen-bond donors (Lipinski definition) is 5. The van der Waals surface area contributed by atoms with E-state index in [0.29, 0.717) is 0 Å². The van der Waals surface area contributed by atoms with Crippen LogP contribution >= 0.6 is 11.3 Å². The molecule has 6 atom stereocenters. The second-order valence-corrected chi connectivity index (χ2v) is 18.2. The van der Waals surface area contributed by atoms with E-state index in [1.165, 1.54) is 16.2 Å². The van der Waals surface area contributed by atoms with E-state index in [0.717, 1.165) is 11.1 Å². The number of carbonyl (C=O) groups excluding carboxylic acids is 4. The topological polar surface area (TPSA) is 166 Å². The van der Waals surface area contributed by atoms with E-state index in [1.54, 1.807) is 32.9 Å². The molecule has 0 aromatic carbocycles. The molecule has 0 radical (unpaired) electrons. The molecule has 0 unspecified atom stereocenters. The van der Waals surface area contributed by atoms with Crippen LogP contribution in [-0.2, 0) is 31.0 Å². The first kappa shape index (κ1) is 38.6. The van der Waals surface area contributed by atoms with Gasteiger partial charge in [-0.1, -0.05) is 61.5 Å². The predicted molar refractivity (Wildman–Crippen MR) is 176 cm³/mol. The number of alkyl halides is 2. The van der Waals surface area contributed by atoms with Gasteiger partial charge in [0.05, 0.1) is 12.8 Å². The molecule has 1 saturated carbocycles. The molecule has 1 aliphatic heterocycles. The molecule has 0 bridgehead atoms. The van der Waals surface area contributed by atoms with E-state index in [-0.39, 0.29) is 36.9 Å². The van der Waals surface area contributed by atoms with Gasteiger partial charge >= 0.3 is 6.03 Å². The smallest absolute Gasteiger partial charge is 0.315 e. The molecule has 2 aliphatic rings. The summed E-state index contributed by atoms with van der Waals surface area (Å²) in [7, 11) is -3.53. The number of halogens is 2. The average molecular weight is 705 g/mol. The van der Waals surface area contributed by atoms with Crippen molar-refractivity contribution >= 4 is 45.1 Å². The average Bonchev–Trinajstić information content (AvgIpc) is 3.35. The Hall–Kier alpha value is -2.85. The summed E-state index contributed by atoms with van der Waals surface area (Å²) in [6.07, 6.45) is -2.74. The van der Waals surface area contributed by atoms with Gasteiger partial charge in [0.1, 0.15) is 18.1 Å². The van der Waals surface area contributed by atoms with E-state index in [2.05, 4.69) is 26.0 Å². The first-order valence-electron chi connectivity index (χ1n) is 15.6. The second-order valence-electron chi connectivity index (χ2n) is 15.3. The Bertz CT molecular complexity index is 1410. The van der Waals surface area contributed by atoms with Gasteiger partial charge in [0, 0.05) is 30.4 Å². The Balaban J connectivity index is 1.81. The summed E-state index contributed by atoms with van der Waals surface area (Å²) in [5.74, 6) is -2.28. The molecule has 47 heavy (non-hydrogen) atoms. The molecule has 16 heteroatoms. The van der Waals surface area contributed by atoms with Crippen LogP contribution < -0.4 is 26.0 Å². The molecule has 3 rings (SSSR count). The number of rotatable bonds is 13. The van der Waals surface area contributed by atoms with Crippen LogP contribution in [0.25, 0.3) is 0 Å². The molecule has 1 saturated heterocycles. The minimum absolute atomic E-state index is 0.0369. The quantitative estimate of drug-likeness (QED) is 0.212. The van der Waals surface area contributed by atoms with Gasteiger partial charge in [-0.3, -0.25) is 14.4 Å². The van der Waals surface area contributed by atoms with Crippen LogP contribution in [0.3, 0.4) is 0 Å². The van der Waals surface area contributed by atoms with Crippen LogP contribution in [0.5, 0.6) is 0 Å². The third-order valence-electron chi connectivity index (χ3n) is 9.11. The Kier molecular flexibility index (Phi) is 11.8. The molecule has 2 heterocycles. The lowest BCUT2D eigenvalue weighted by Crippen LogP contribution is -2.62. The van der Waals surface area contributed by atoms with Gasteiger partial charge in [-0.05, 0) is 39.5 Å². The van der Waals surface area contributed by atoms with Crippen molar-refractivity contribution in [3.63, 3.8) is 0 Å². The van der Waals surface area contributed by atoms with E-state index in [4.69, 9.17) is 0 Å². The van der Waals surface area contributed by atoms with Gasteiger partial charge < -0.3 is 26.2 Å². The highest BCUT2D eigenvalue weighted by atomic mass is 32.2. The maximum Gasteiger partial charge on any atom is 0.315 e. The summed E-state index contributed by atoms with van der Waals surface area (Å²) in [5, 5.41) is 12.5. The van der Waals surface area contributed by atoms with Crippen molar-refractivity contribution in [1.82, 2.24) is 30.9 Å². The summed E-state index contributed by atoms with van der Waals surface area (Å²) in [4.78, 5) is 56.5. The minimum Gasteiger partial charge on any atom is -0.349 e. The Morgan fingerprint density at radius 2 is 1.68 bits per heavy atom. The normalized spacial score (nSPS) is 22.6. The highest BCUT2D eigenvalue weighted by molar-refractivity contribution is 7.88. The van der Waals surface area contributed by atoms with Crippen molar-refractivity contribution in [1.29, 1.82) is 0 Å². The Morgan fingerprint density at radius 1 is 1.04 bits per heavy atom. The van der Waals surface area contributed by atoms with Gasteiger partial charge in [0.15, 0.2) is 0 Å². The molecular formula is C31H50F2N6O6S2. The van der Waals surface area contributed by atoms with Crippen molar-refractivity contribution in [3.8, 4) is 0 Å². The largest absolute Gasteiger partial charge is 0.349 e. The summed E-state index contributed by atoms with van der Waals surface area (Å²) < 4.78 is 52.9. The van der Waals surface area contributed by atoms with Gasteiger partial charge in [0.25, 0.3) is 0 Å². The maximum absolute atomic E-state index is 14.2. The van der Waals surface area contributed by atoms with Crippen molar-refractivity contribution in [2.45, 2.75) is 98.9 Å². The molecule has 5 N–H and O–H groups in total. The number of hydrogen-bond acceptors (Lipinski definition) is 7. The minimum atomic E-state index is -3.53. The number of nitrogens with zero attached hydrogens (tertiary/aromatic N) is 1. The van der Waals surface area contributed by atoms with Crippen molar-refractivity contribution in [2.24, 2.45) is 28.1 Å². The van der Waals surface area contributed by atoms with Crippen molar-refractivity contribution in [3.05, 3.63) is 22.4 Å². The standard InChI is InChI=1S/C31H50F2N6O6S2/c1-29(2,3)20(15-35-47(9,44)45)37-28(43)38-24(30(4,5)6)27(42)39-16-18-22(31(18,7)8)23(39)26(41)36-19(13-21(32)33)25(40)34-14-17-11-10-12-46-17/h10-12,18-24,35H,13-16H2,1-9H3,(H,34,40)(H,36,41)(H2,37,38,43)/t18-,19-,20+,22-,23-,24+/m0/s1. The number of thiophene rings is 1. The highest BCUT2D eigenvalue weighted by Gasteiger charge is 2.70. The molecule has 266 valence electrons. The molecule has 1 aromatic rings. The first-order valence-corrected chi connectivity index (χ1v) is 18.4. The zero-order valence-electron chi connectivity index (χ0n) is 28.6. The van der Waals surface area contributed by atoms with E-state index in [9.17, 15) is 36.4 Å². The number of urea groups is 1. The van der Waals surface area contributed by atoms with Crippen LogP contribution in [0.1, 0.15) is 66.7 Å². The fourth-order valence-corrected chi connectivity index (χ4v) is 7.26. The number of carbonyl (C=O) groups is 4. The van der Waals surface area contributed by atoms with E-state index >= 15 is 0 Å². The van der Waals surface area contributed by atoms with Gasteiger partial charge in [0.2, 0.25) is 34.2 Å². The van der Waals surface area contributed by atoms with Gasteiger partial charge in [-0.15, -0.1) is 11.3 Å². The highest BCUT2D eigenvalue weighted by Crippen LogP contribution is 2.65. The zero-order valence-corrected chi connectivity index (χ0v) is 30.2. The summed E-state index contributed by atoms with van der Waals surface area (Å²) in [5.41, 5.74) is -1.67. The maximum atomic E-state index is 14.2. The fourth-order valence-electron chi connectivity index (χ4n) is 6.14. The lowest BCUT2D eigenvalue weighted by Gasteiger charge is -2.38. The number of nitrogens with one attached hydrogen (secondary N) is 5. The van der Waals surface area contributed by atoms with Crippen LogP contribution in [0.15, 0.2) is 17.5 Å². The lowest BCUT2D eigenvalue weighted by molar-refractivity contribution is -0.144. The second kappa shape index (κ2) is 14.3. The first-order chi connectivity index (χ1) is 21.4. The molecule has 12 nitrogen and oxygen atoms in total. The van der Waals surface area contributed by atoms with E-state index in [1.807, 2.05) is 40.0 Å². The number of fused-ring (bicyclic) bond motifs is 1. The zero-order chi connectivity index (χ0) is 35.7. The summed E-state index contributed by atoms with van der Waals surface area (Å²) in [6.45, 7) is 15.0. The lowest BCUT2D eigenvalue weighted by atomic mass is 9.85. The molecule has 1 aromatic heterocycles. The van der Waals surface area contributed by atoms with Gasteiger partial charge in [-0.25, -0.2) is 26.7 Å². The van der Waals surface area contributed by atoms with Crippen LogP contribution in [0.4, 0.5) is 13.6 Å². The number of piperidine rings is 1. The number of likely N-dealkylation sites (tertiary alicyclic amines) is 1. The molecular weight excluding hydrogens is 655 g/mol. The molecule has 5 amide bonds. The third-order valence-corrected chi connectivity index (χ3v) is 10.7. The van der Waals surface area contributed by atoms with E-state index < -0.39 is 81.6 Å².